The van der Waals surface area contributed by atoms with E-state index in [1.54, 1.807) is 68.4 Å². The Morgan fingerprint density at radius 3 is 1.64 bits per heavy atom. The zero-order valence-electron chi connectivity index (χ0n) is 25.1. The molecule has 2 aromatic rings. The van der Waals surface area contributed by atoms with Crippen LogP contribution in [0.1, 0.15) is 37.8 Å². The Balaban J connectivity index is 2.19. The summed E-state index contributed by atoms with van der Waals surface area (Å²) in [5.41, 5.74) is 7.46. The van der Waals surface area contributed by atoms with Crippen molar-refractivity contribution in [2.45, 2.75) is 69.7 Å². The molecule has 0 aliphatic carbocycles. The van der Waals surface area contributed by atoms with E-state index in [9.17, 15) is 39.0 Å². The Morgan fingerprint density at radius 1 is 0.667 bits per heavy atom. The van der Waals surface area contributed by atoms with Crippen LogP contribution in [0.4, 0.5) is 0 Å². The van der Waals surface area contributed by atoms with Gasteiger partial charge >= 0.3 is 11.9 Å². The normalized spacial score (nSPS) is 14.2. The molecule has 0 bridgehead atoms. The Kier molecular flexibility index (Phi) is 14.6. The van der Waals surface area contributed by atoms with E-state index in [-0.39, 0.29) is 19.3 Å². The van der Waals surface area contributed by atoms with E-state index in [4.69, 9.17) is 10.8 Å². The van der Waals surface area contributed by atoms with Crippen LogP contribution in [-0.4, -0.2) is 87.7 Å². The van der Waals surface area contributed by atoms with Gasteiger partial charge in [-0.15, -0.1) is 0 Å². The fraction of sp³-hybridized carbons (Fsp3) is 0.419. The highest BCUT2D eigenvalue weighted by molar-refractivity contribution is 5.95. The van der Waals surface area contributed by atoms with Gasteiger partial charge in [-0.3, -0.25) is 24.0 Å². The first kappa shape index (κ1) is 36.4. The molecular formula is C31H41N5O9. The van der Waals surface area contributed by atoms with Crippen molar-refractivity contribution >= 4 is 35.6 Å². The fourth-order valence-corrected chi connectivity index (χ4v) is 4.34. The Hall–Kier alpha value is -4.82. The molecule has 45 heavy (non-hydrogen) atoms. The summed E-state index contributed by atoms with van der Waals surface area (Å²) in [5.74, 6) is -6.42. The number of benzene rings is 2. The number of amides is 4. The molecule has 0 aromatic heterocycles. The van der Waals surface area contributed by atoms with Gasteiger partial charge in [-0.25, -0.2) is 4.79 Å². The third kappa shape index (κ3) is 12.4. The average Bonchev–Trinajstić information content (AvgIpc) is 3.00. The molecule has 2 rings (SSSR count). The molecule has 5 atom stereocenters. The van der Waals surface area contributed by atoms with Gasteiger partial charge in [-0.2, -0.15) is 0 Å². The lowest BCUT2D eigenvalue weighted by Crippen LogP contribution is -2.60. The molecule has 4 amide bonds. The van der Waals surface area contributed by atoms with Crippen molar-refractivity contribution < 1.29 is 44.1 Å². The summed E-state index contributed by atoms with van der Waals surface area (Å²) >= 11 is 0. The number of hydrogen-bond donors (Lipinski definition) is 8. The van der Waals surface area contributed by atoms with Gasteiger partial charge in [0.2, 0.25) is 23.6 Å². The first-order valence-corrected chi connectivity index (χ1v) is 14.4. The summed E-state index contributed by atoms with van der Waals surface area (Å²) in [6.07, 6.45) is -0.712. The van der Waals surface area contributed by atoms with E-state index < -0.39 is 84.7 Å². The van der Waals surface area contributed by atoms with E-state index in [1.807, 2.05) is 6.07 Å². The molecule has 9 N–H and O–H groups in total. The first-order valence-electron chi connectivity index (χ1n) is 14.4. The summed E-state index contributed by atoms with van der Waals surface area (Å²) < 4.78 is 0. The third-order valence-electron chi connectivity index (χ3n) is 6.87. The van der Waals surface area contributed by atoms with Gasteiger partial charge in [-0.1, -0.05) is 74.5 Å². The second kappa shape index (κ2) is 18.1. The standard InChI is InChI=1S/C31H41N5O9/c1-18(2)26(30(43)33-22(31(44)45)13-14-25(38)39)36-28(41)23(16-20-11-7-4-8-12-20)34-29(42)24(17-37)35-27(40)21(32)15-19-9-5-3-6-10-19/h3-12,18,21-24,26,37H,13-17,32H2,1-2H3,(H,33,43)(H,34,42)(H,35,40)(H,36,41)(H,38,39)(H,44,45)/t21-,22-,23-,24-,26-/m0/s1. The van der Waals surface area contributed by atoms with Gasteiger partial charge < -0.3 is 42.3 Å². The molecule has 244 valence electrons. The number of aliphatic hydroxyl groups is 1. The quantitative estimate of drug-likeness (QED) is 0.104. The first-order chi connectivity index (χ1) is 21.3. The minimum Gasteiger partial charge on any atom is -0.481 e. The molecule has 14 heteroatoms. The van der Waals surface area contributed by atoms with Gasteiger partial charge in [0, 0.05) is 12.8 Å². The lowest BCUT2D eigenvalue weighted by molar-refractivity contribution is -0.143. The monoisotopic (exact) mass is 627 g/mol. The number of aliphatic carboxylic acids is 2. The molecular weight excluding hydrogens is 586 g/mol. The summed E-state index contributed by atoms with van der Waals surface area (Å²) in [6, 6.07) is 11.1. The maximum absolute atomic E-state index is 13.5. The van der Waals surface area contributed by atoms with Crippen LogP contribution < -0.4 is 27.0 Å². The molecule has 0 unspecified atom stereocenters. The zero-order chi connectivity index (χ0) is 33.5. The molecule has 0 radical (unpaired) electrons. The lowest BCUT2D eigenvalue weighted by Gasteiger charge is -2.27. The second-order valence-corrected chi connectivity index (χ2v) is 10.9. The number of carbonyl (C=O) groups is 6. The van der Waals surface area contributed by atoms with Gasteiger partial charge in [0.05, 0.1) is 12.6 Å². The van der Waals surface area contributed by atoms with E-state index in [1.165, 1.54) is 0 Å². The number of hydrogen-bond acceptors (Lipinski definition) is 8. The van der Waals surface area contributed by atoms with Crippen molar-refractivity contribution in [2.75, 3.05) is 6.61 Å². The average molecular weight is 628 g/mol. The number of carboxylic acids is 2. The minimum absolute atomic E-state index is 0.0270. The number of nitrogens with one attached hydrogen (secondary N) is 4. The maximum atomic E-state index is 13.5. The van der Waals surface area contributed by atoms with Gasteiger partial charge in [0.25, 0.3) is 0 Å². The van der Waals surface area contributed by atoms with Crippen molar-refractivity contribution in [3.05, 3.63) is 71.8 Å². The highest BCUT2D eigenvalue weighted by Crippen LogP contribution is 2.09. The van der Waals surface area contributed by atoms with E-state index in [0.29, 0.717) is 5.56 Å². The van der Waals surface area contributed by atoms with Crippen molar-refractivity contribution in [3.63, 3.8) is 0 Å². The van der Waals surface area contributed by atoms with Gasteiger partial charge in [0.1, 0.15) is 24.2 Å². The fourth-order valence-electron chi connectivity index (χ4n) is 4.34. The van der Waals surface area contributed by atoms with Crippen LogP contribution in [0.15, 0.2) is 60.7 Å². The van der Waals surface area contributed by atoms with Crippen molar-refractivity contribution in [2.24, 2.45) is 11.7 Å². The zero-order valence-corrected chi connectivity index (χ0v) is 25.1. The third-order valence-corrected chi connectivity index (χ3v) is 6.87. The molecule has 0 aliphatic rings. The molecule has 0 spiro atoms. The largest absolute Gasteiger partial charge is 0.481 e. The van der Waals surface area contributed by atoms with Crippen LogP contribution in [0.5, 0.6) is 0 Å². The maximum Gasteiger partial charge on any atom is 0.326 e. The number of carboxylic acid groups (broad SMARTS) is 2. The molecule has 0 heterocycles. The summed E-state index contributed by atoms with van der Waals surface area (Å²) in [6.45, 7) is 2.43. The number of nitrogens with two attached hydrogens (primary N) is 1. The predicted molar refractivity (Wildman–Crippen MR) is 162 cm³/mol. The number of aliphatic hydroxyl groups excluding tert-OH is 1. The molecule has 0 saturated carbocycles. The van der Waals surface area contributed by atoms with E-state index in [0.717, 1.165) is 5.56 Å². The molecule has 0 saturated heterocycles. The second-order valence-electron chi connectivity index (χ2n) is 10.9. The minimum atomic E-state index is -1.51. The topological polar surface area (TPSA) is 237 Å². The summed E-state index contributed by atoms with van der Waals surface area (Å²) in [4.78, 5) is 75.0. The van der Waals surface area contributed by atoms with Gasteiger partial charge in [0.15, 0.2) is 0 Å². The number of rotatable bonds is 18. The van der Waals surface area contributed by atoms with Gasteiger partial charge in [-0.05, 0) is 29.9 Å². The van der Waals surface area contributed by atoms with E-state index in [2.05, 4.69) is 21.3 Å². The lowest BCUT2D eigenvalue weighted by atomic mass is 10.00. The predicted octanol–water partition coefficient (Wildman–Crippen LogP) is -0.664. The van der Waals surface area contributed by atoms with E-state index >= 15 is 0 Å². The van der Waals surface area contributed by atoms with Crippen LogP contribution in [-0.2, 0) is 41.6 Å². The molecule has 2 aromatic carbocycles. The van der Waals surface area contributed by atoms with Crippen LogP contribution in [0.3, 0.4) is 0 Å². The van der Waals surface area contributed by atoms with Crippen LogP contribution in [0, 0.1) is 5.92 Å². The van der Waals surface area contributed by atoms with Crippen LogP contribution in [0.2, 0.25) is 0 Å². The highest BCUT2D eigenvalue weighted by atomic mass is 16.4. The van der Waals surface area contributed by atoms with Crippen LogP contribution >= 0.6 is 0 Å². The van der Waals surface area contributed by atoms with Crippen molar-refractivity contribution in [3.8, 4) is 0 Å². The molecule has 14 nitrogen and oxygen atoms in total. The summed E-state index contributed by atoms with van der Waals surface area (Å²) in [7, 11) is 0. The van der Waals surface area contributed by atoms with Crippen molar-refractivity contribution in [1.82, 2.24) is 21.3 Å². The molecule has 0 aliphatic heterocycles. The summed E-state index contributed by atoms with van der Waals surface area (Å²) in [5, 5.41) is 38.0. The SMILES string of the molecule is CC(C)[C@H](NC(=O)[C@H](Cc1ccccc1)NC(=O)[C@H](CO)NC(=O)[C@@H](N)Cc1ccccc1)C(=O)N[C@@H](CCC(=O)O)C(=O)O. The Morgan fingerprint density at radius 2 is 1.16 bits per heavy atom. The Bertz CT molecular complexity index is 1310. The van der Waals surface area contributed by atoms with Crippen LogP contribution in [0.25, 0.3) is 0 Å². The van der Waals surface area contributed by atoms with Crippen molar-refractivity contribution in [1.29, 1.82) is 0 Å². The number of carbonyl (C=O) groups excluding carboxylic acids is 4. The highest BCUT2D eigenvalue weighted by Gasteiger charge is 2.33. The smallest absolute Gasteiger partial charge is 0.326 e. The Labute approximate surface area is 260 Å². The molecule has 0 fully saturated rings.